The summed E-state index contributed by atoms with van der Waals surface area (Å²) in [4.78, 5) is 4.35. The first-order valence-electron chi connectivity index (χ1n) is 4.97. The number of phenolic OH excluding ortho intramolecular Hbond substituents is 1. The number of benzene rings is 1. The Hall–Kier alpha value is -1.35. The molecule has 0 unspecified atom stereocenters. The molecule has 2 nitrogen and oxygen atoms in total. The molecule has 2 rings (SSSR count). The largest absolute Gasteiger partial charge is 0.508 e. The second kappa shape index (κ2) is 5.51. The van der Waals surface area contributed by atoms with Crippen LogP contribution >= 0.6 is 11.3 Å². The fraction of sp³-hybridized carbons (Fsp3) is 0.250. The van der Waals surface area contributed by atoms with E-state index in [0.29, 0.717) is 0 Å². The maximum Gasteiger partial charge on any atom is 0.115 e. The summed E-state index contributed by atoms with van der Waals surface area (Å²) in [6.45, 7) is 5.98. The summed E-state index contributed by atoms with van der Waals surface area (Å²) in [7, 11) is 0. The second-order valence-electron chi connectivity index (χ2n) is 2.80. The SMILES string of the molecule is CC.Cc1nc(-c2ccc(O)cc2)cs1. The molecule has 0 atom stereocenters. The Bertz CT molecular complexity index is 406. The third-order valence-corrected chi connectivity index (χ3v) is 2.56. The number of hydrogen-bond donors (Lipinski definition) is 1. The molecule has 0 radical (unpaired) electrons. The zero-order valence-electron chi connectivity index (χ0n) is 9.19. The van der Waals surface area contributed by atoms with Crippen LogP contribution in [-0.2, 0) is 0 Å². The van der Waals surface area contributed by atoms with Gasteiger partial charge in [0.2, 0.25) is 0 Å². The molecule has 0 bridgehead atoms. The highest BCUT2D eigenvalue weighted by molar-refractivity contribution is 7.09. The number of nitrogens with zero attached hydrogens (tertiary/aromatic N) is 1. The van der Waals surface area contributed by atoms with Crippen LogP contribution in [0.2, 0.25) is 0 Å². The number of aryl methyl sites for hydroxylation is 1. The van der Waals surface area contributed by atoms with E-state index in [1.807, 2.05) is 38.3 Å². The zero-order chi connectivity index (χ0) is 11.3. The minimum Gasteiger partial charge on any atom is -0.508 e. The van der Waals surface area contributed by atoms with E-state index in [-0.39, 0.29) is 5.75 Å². The number of aromatic hydroxyl groups is 1. The van der Waals surface area contributed by atoms with Gasteiger partial charge in [0.1, 0.15) is 5.75 Å². The molecule has 0 aliphatic carbocycles. The van der Waals surface area contributed by atoms with Crippen molar-refractivity contribution in [3.8, 4) is 17.0 Å². The smallest absolute Gasteiger partial charge is 0.115 e. The van der Waals surface area contributed by atoms with Crippen LogP contribution in [0.5, 0.6) is 5.75 Å². The molecular weight excluding hydrogens is 206 g/mol. The van der Waals surface area contributed by atoms with E-state index in [1.165, 1.54) is 0 Å². The fourth-order valence-electron chi connectivity index (χ4n) is 1.13. The predicted molar refractivity (Wildman–Crippen MR) is 65.3 cm³/mol. The summed E-state index contributed by atoms with van der Waals surface area (Å²) in [6.07, 6.45) is 0. The molecular formula is C12H15NOS. The van der Waals surface area contributed by atoms with Crippen molar-refractivity contribution in [3.63, 3.8) is 0 Å². The molecule has 0 amide bonds. The van der Waals surface area contributed by atoms with Gasteiger partial charge in [0, 0.05) is 10.9 Å². The highest BCUT2D eigenvalue weighted by Crippen LogP contribution is 2.22. The van der Waals surface area contributed by atoms with Gasteiger partial charge in [-0.1, -0.05) is 13.8 Å². The van der Waals surface area contributed by atoms with E-state index in [2.05, 4.69) is 4.98 Å². The van der Waals surface area contributed by atoms with Crippen molar-refractivity contribution in [3.05, 3.63) is 34.7 Å². The number of rotatable bonds is 1. The number of thiazole rings is 1. The number of phenols is 1. The Balaban J connectivity index is 0.000000531. The highest BCUT2D eigenvalue weighted by Gasteiger charge is 2.00. The van der Waals surface area contributed by atoms with E-state index in [1.54, 1.807) is 23.5 Å². The van der Waals surface area contributed by atoms with Gasteiger partial charge in [0.15, 0.2) is 0 Å². The Morgan fingerprint density at radius 3 is 2.20 bits per heavy atom. The van der Waals surface area contributed by atoms with Gasteiger partial charge in [0.25, 0.3) is 0 Å². The van der Waals surface area contributed by atoms with Gasteiger partial charge in [-0.3, -0.25) is 0 Å². The minimum absolute atomic E-state index is 0.288. The summed E-state index contributed by atoms with van der Waals surface area (Å²) in [5.74, 6) is 0.288. The third-order valence-electron chi connectivity index (χ3n) is 1.78. The van der Waals surface area contributed by atoms with Gasteiger partial charge >= 0.3 is 0 Å². The van der Waals surface area contributed by atoms with Crippen LogP contribution in [-0.4, -0.2) is 10.1 Å². The Morgan fingerprint density at radius 2 is 1.73 bits per heavy atom. The van der Waals surface area contributed by atoms with Crippen LogP contribution in [0.15, 0.2) is 29.6 Å². The highest BCUT2D eigenvalue weighted by atomic mass is 32.1. The third kappa shape index (κ3) is 3.06. The van der Waals surface area contributed by atoms with Gasteiger partial charge < -0.3 is 5.11 Å². The van der Waals surface area contributed by atoms with Gasteiger partial charge in [-0.2, -0.15) is 0 Å². The van der Waals surface area contributed by atoms with Crippen LogP contribution in [0.1, 0.15) is 18.9 Å². The second-order valence-corrected chi connectivity index (χ2v) is 3.86. The average molecular weight is 221 g/mol. The van der Waals surface area contributed by atoms with Crippen LogP contribution in [0.25, 0.3) is 11.3 Å². The molecule has 0 saturated heterocycles. The van der Waals surface area contributed by atoms with Crippen molar-refractivity contribution < 1.29 is 5.11 Å². The summed E-state index contributed by atoms with van der Waals surface area (Å²) in [5, 5.41) is 12.2. The van der Waals surface area contributed by atoms with Crippen molar-refractivity contribution in [2.45, 2.75) is 20.8 Å². The molecule has 1 heterocycles. The van der Waals surface area contributed by atoms with Crippen molar-refractivity contribution in [1.29, 1.82) is 0 Å². The van der Waals surface area contributed by atoms with Gasteiger partial charge in [-0.15, -0.1) is 11.3 Å². The topological polar surface area (TPSA) is 33.1 Å². The summed E-state index contributed by atoms with van der Waals surface area (Å²) >= 11 is 1.63. The van der Waals surface area contributed by atoms with Crippen molar-refractivity contribution in [1.82, 2.24) is 4.98 Å². The molecule has 0 aliphatic heterocycles. The van der Waals surface area contributed by atoms with Gasteiger partial charge in [0.05, 0.1) is 10.7 Å². The Kier molecular flexibility index (Phi) is 4.31. The lowest BCUT2D eigenvalue weighted by atomic mass is 10.2. The molecule has 0 fully saturated rings. The van der Waals surface area contributed by atoms with Gasteiger partial charge in [-0.25, -0.2) is 4.98 Å². The molecule has 0 saturated carbocycles. The zero-order valence-corrected chi connectivity index (χ0v) is 10.0. The maximum absolute atomic E-state index is 9.09. The van der Waals surface area contributed by atoms with Crippen LogP contribution in [0, 0.1) is 6.92 Å². The Morgan fingerprint density at radius 1 is 1.13 bits per heavy atom. The van der Waals surface area contributed by atoms with Crippen LogP contribution in [0.4, 0.5) is 0 Å². The van der Waals surface area contributed by atoms with Crippen molar-refractivity contribution in [2.75, 3.05) is 0 Å². The molecule has 2 aromatic rings. The molecule has 1 aromatic carbocycles. The molecule has 0 spiro atoms. The van der Waals surface area contributed by atoms with Gasteiger partial charge in [-0.05, 0) is 31.2 Å². The first-order chi connectivity index (χ1) is 7.25. The lowest BCUT2D eigenvalue weighted by Crippen LogP contribution is -1.76. The minimum atomic E-state index is 0.288. The molecule has 1 N–H and O–H groups in total. The standard InChI is InChI=1S/C10H9NOS.C2H6/c1-7-11-10(6-13-7)8-2-4-9(12)5-3-8;1-2/h2-6,12H,1H3;1-2H3. The van der Waals surface area contributed by atoms with E-state index in [9.17, 15) is 0 Å². The summed E-state index contributed by atoms with van der Waals surface area (Å²) in [6, 6.07) is 7.07. The lowest BCUT2D eigenvalue weighted by molar-refractivity contribution is 0.475. The summed E-state index contributed by atoms with van der Waals surface area (Å²) in [5.41, 5.74) is 2.02. The van der Waals surface area contributed by atoms with E-state index >= 15 is 0 Å². The molecule has 1 aromatic heterocycles. The number of hydrogen-bond acceptors (Lipinski definition) is 3. The van der Waals surface area contributed by atoms with Crippen molar-refractivity contribution >= 4 is 11.3 Å². The summed E-state index contributed by atoms with van der Waals surface area (Å²) < 4.78 is 0. The fourth-order valence-corrected chi connectivity index (χ4v) is 1.75. The molecule has 0 aliphatic rings. The quantitative estimate of drug-likeness (QED) is 0.793. The normalized spacial score (nSPS) is 9.27. The van der Waals surface area contributed by atoms with Crippen LogP contribution < -0.4 is 0 Å². The van der Waals surface area contributed by atoms with Crippen LogP contribution in [0.3, 0.4) is 0 Å². The molecule has 80 valence electrons. The van der Waals surface area contributed by atoms with Crippen molar-refractivity contribution in [2.24, 2.45) is 0 Å². The van der Waals surface area contributed by atoms with E-state index < -0.39 is 0 Å². The Labute approximate surface area is 94.2 Å². The molecule has 3 heteroatoms. The first-order valence-corrected chi connectivity index (χ1v) is 5.85. The predicted octanol–water partition coefficient (Wildman–Crippen LogP) is 3.85. The van der Waals surface area contributed by atoms with E-state index in [4.69, 9.17) is 5.11 Å². The monoisotopic (exact) mass is 221 g/mol. The lowest BCUT2D eigenvalue weighted by Gasteiger charge is -1.95. The maximum atomic E-state index is 9.09. The average Bonchev–Trinajstić information content (AvgIpc) is 2.69. The first kappa shape index (κ1) is 11.7. The number of aromatic nitrogens is 1. The van der Waals surface area contributed by atoms with E-state index in [0.717, 1.165) is 16.3 Å². The molecule has 15 heavy (non-hydrogen) atoms.